The molecule has 3 aromatic carbocycles. The summed E-state index contributed by atoms with van der Waals surface area (Å²) in [5.74, 6) is 0.377. The second-order valence-electron chi connectivity index (χ2n) is 7.74. The van der Waals surface area contributed by atoms with Crippen LogP contribution in [0.15, 0.2) is 64.2 Å². The number of rotatable bonds is 10. The highest BCUT2D eigenvalue weighted by Crippen LogP contribution is 2.36. The molecule has 7 nitrogen and oxygen atoms in total. The Morgan fingerprint density at radius 3 is 2.50 bits per heavy atom. The Balaban J connectivity index is 1.50. The summed E-state index contributed by atoms with van der Waals surface area (Å²) < 4.78 is 12.1. The van der Waals surface area contributed by atoms with Gasteiger partial charge in [-0.1, -0.05) is 53.0 Å². The molecule has 0 radical (unpaired) electrons. The number of aryl methyl sites for hydroxylation is 1. The second kappa shape index (κ2) is 13.3. The van der Waals surface area contributed by atoms with Gasteiger partial charge in [0.05, 0.1) is 27.8 Å². The van der Waals surface area contributed by atoms with Crippen LogP contribution in [-0.4, -0.2) is 31.7 Å². The van der Waals surface area contributed by atoms with Gasteiger partial charge < -0.3 is 14.8 Å². The number of nitrogens with zero attached hydrogens (tertiary/aromatic N) is 1. The zero-order valence-corrected chi connectivity index (χ0v) is 22.7. The van der Waals surface area contributed by atoms with Gasteiger partial charge in [0.25, 0.3) is 5.91 Å². The third-order valence-corrected chi connectivity index (χ3v) is 6.31. The molecule has 2 amide bonds. The first kappa shape index (κ1) is 27.5. The molecule has 36 heavy (non-hydrogen) atoms. The quantitative estimate of drug-likeness (QED) is 0.226. The lowest BCUT2D eigenvalue weighted by atomic mass is 10.2. The molecule has 0 saturated carbocycles. The van der Waals surface area contributed by atoms with Crippen LogP contribution >= 0.6 is 39.1 Å². The van der Waals surface area contributed by atoms with Gasteiger partial charge in [-0.25, -0.2) is 5.43 Å². The van der Waals surface area contributed by atoms with E-state index in [0.29, 0.717) is 38.7 Å². The highest BCUT2D eigenvalue weighted by molar-refractivity contribution is 9.10. The van der Waals surface area contributed by atoms with E-state index in [2.05, 4.69) is 31.8 Å². The molecule has 0 aliphatic carbocycles. The number of carbonyl (C=O) groups excluding carboxylic acids is 2. The molecule has 3 rings (SSSR count). The lowest BCUT2D eigenvalue weighted by molar-refractivity contribution is -0.120. The van der Waals surface area contributed by atoms with Crippen LogP contribution < -0.4 is 20.2 Å². The maximum Gasteiger partial charge on any atom is 0.251 e. The molecule has 188 valence electrons. The summed E-state index contributed by atoms with van der Waals surface area (Å²) in [5.41, 5.74) is 5.70. The molecule has 0 saturated heterocycles. The summed E-state index contributed by atoms with van der Waals surface area (Å²) in [6, 6.07) is 16.2. The Kier molecular flexibility index (Phi) is 10.2. The van der Waals surface area contributed by atoms with Crippen LogP contribution in [0.2, 0.25) is 10.0 Å². The van der Waals surface area contributed by atoms with E-state index >= 15 is 0 Å². The molecule has 0 bridgehead atoms. The third kappa shape index (κ3) is 7.98. The monoisotopic (exact) mass is 591 g/mol. The van der Waals surface area contributed by atoms with Gasteiger partial charge in [0, 0.05) is 18.5 Å². The van der Waals surface area contributed by atoms with E-state index in [0.717, 1.165) is 5.56 Å². The van der Waals surface area contributed by atoms with Gasteiger partial charge in [0.1, 0.15) is 6.61 Å². The van der Waals surface area contributed by atoms with Crippen LogP contribution in [0.4, 0.5) is 0 Å². The van der Waals surface area contributed by atoms with Gasteiger partial charge >= 0.3 is 0 Å². The van der Waals surface area contributed by atoms with Crippen molar-refractivity contribution in [3.63, 3.8) is 0 Å². The average molecular weight is 593 g/mol. The maximum atomic E-state index is 12.1. The van der Waals surface area contributed by atoms with E-state index in [1.807, 2.05) is 31.2 Å². The molecule has 0 spiro atoms. The second-order valence-corrected chi connectivity index (χ2v) is 9.41. The minimum absolute atomic E-state index is 0.0448. The van der Waals surface area contributed by atoms with E-state index in [1.54, 1.807) is 25.3 Å². The van der Waals surface area contributed by atoms with Gasteiger partial charge in [-0.2, -0.15) is 5.10 Å². The van der Waals surface area contributed by atoms with Crippen LogP contribution in [0.5, 0.6) is 11.5 Å². The number of halogens is 3. The molecule has 0 heterocycles. The van der Waals surface area contributed by atoms with Gasteiger partial charge in [-0.15, -0.1) is 0 Å². The van der Waals surface area contributed by atoms with Crippen LogP contribution in [0.1, 0.15) is 33.5 Å². The number of hydrazone groups is 1. The van der Waals surface area contributed by atoms with E-state index in [-0.39, 0.29) is 29.8 Å². The predicted molar refractivity (Wildman–Crippen MR) is 145 cm³/mol. The number of amides is 2. The van der Waals surface area contributed by atoms with Crippen molar-refractivity contribution in [3.8, 4) is 11.5 Å². The lowest BCUT2D eigenvalue weighted by Gasteiger charge is -2.13. The first-order chi connectivity index (χ1) is 17.3. The van der Waals surface area contributed by atoms with Crippen molar-refractivity contribution in [2.75, 3.05) is 13.7 Å². The highest BCUT2D eigenvalue weighted by atomic mass is 79.9. The van der Waals surface area contributed by atoms with Crippen molar-refractivity contribution < 1.29 is 19.1 Å². The summed E-state index contributed by atoms with van der Waals surface area (Å²) >= 11 is 15.3. The first-order valence-electron chi connectivity index (χ1n) is 10.9. The van der Waals surface area contributed by atoms with Crippen molar-refractivity contribution in [1.82, 2.24) is 10.7 Å². The molecular formula is C26H24BrCl2N3O4. The average Bonchev–Trinajstić information content (AvgIpc) is 2.85. The topological polar surface area (TPSA) is 89.0 Å². The number of hydrogen-bond donors (Lipinski definition) is 2. The van der Waals surface area contributed by atoms with Crippen LogP contribution in [-0.2, 0) is 11.4 Å². The molecule has 0 aromatic heterocycles. The Morgan fingerprint density at radius 1 is 1.06 bits per heavy atom. The highest BCUT2D eigenvalue weighted by Gasteiger charge is 2.12. The van der Waals surface area contributed by atoms with Crippen molar-refractivity contribution >= 4 is 57.2 Å². The Hall–Kier alpha value is -3.07. The Morgan fingerprint density at radius 2 is 1.81 bits per heavy atom. The lowest BCUT2D eigenvalue weighted by Crippen LogP contribution is -2.29. The normalized spacial score (nSPS) is 10.8. The molecule has 10 heteroatoms. The number of benzene rings is 3. The summed E-state index contributed by atoms with van der Waals surface area (Å²) in [5, 5.41) is 7.27. The van der Waals surface area contributed by atoms with Crippen molar-refractivity contribution in [3.05, 3.63) is 91.4 Å². The number of ether oxygens (including phenoxy) is 2. The largest absolute Gasteiger partial charge is 0.493 e. The minimum atomic E-state index is -0.357. The van der Waals surface area contributed by atoms with Crippen molar-refractivity contribution in [1.29, 1.82) is 0 Å². The van der Waals surface area contributed by atoms with E-state index in [1.165, 1.54) is 23.9 Å². The fourth-order valence-corrected chi connectivity index (χ4v) is 3.93. The Labute approximate surface area is 227 Å². The number of hydrogen-bond acceptors (Lipinski definition) is 5. The molecule has 2 N–H and O–H groups in total. The van der Waals surface area contributed by atoms with Gasteiger partial charge in [0.15, 0.2) is 11.5 Å². The summed E-state index contributed by atoms with van der Waals surface area (Å²) in [7, 11) is 1.55. The molecule has 0 unspecified atom stereocenters. The van der Waals surface area contributed by atoms with Gasteiger partial charge in [-0.05, 0) is 64.3 Å². The summed E-state index contributed by atoms with van der Waals surface area (Å²) in [4.78, 5) is 24.2. The SMILES string of the molecule is COc1cc(C=NNC(=O)CCNC(=O)c2ccc(Cl)c(Cl)c2)cc(Br)c1OCc1ccc(C)cc1. The van der Waals surface area contributed by atoms with E-state index < -0.39 is 0 Å². The summed E-state index contributed by atoms with van der Waals surface area (Å²) in [6.07, 6.45) is 1.53. The van der Waals surface area contributed by atoms with Crippen molar-refractivity contribution in [2.45, 2.75) is 20.0 Å². The third-order valence-electron chi connectivity index (χ3n) is 4.98. The fraction of sp³-hybridized carbons (Fsp3) is 0.192. The molecule has 3 aromatic rings. The fourth-order valence-electron chi connectivity index (χ4n) is 3.06. The molecule has 0 atom stereocenters. The van der Waals surface area contributed by atoms with E-state index in [4.69, 9.17) is 32.7 Å². The van der Waals surface area contributed by atoms with Crippen molar-refractivity contribution in [2.24, 2.45) is 5.10 Å². The Bertz CT molecular complexity index is 1270. The molecular weight excluding hydrogens is 569 g/mol. The van der Waals surface area contributed by atoms with Crippen LogP contribution in [0, 0.1) is 6.92 Å². The number of carbonyl (C=O) groups is 2. The number of nitrogens with one attached hydrogen (secondary N) is 2. The zero-order chi connectivity index (χ0) is 26.1. The smallest absolute Gasteiger partial charge is 0.251 e. The van der Waals surface area contributed by atoms with Gasteiger partial charge in [0.2, 0.25) is 5.91 Å². The predicted octanol–water partition coefficient (Wildman–Crippen LogP) is 5.92. The molecule has 0 aliphatic rings. The number of methoxy groups -OCH3 is 1. The maximum absolute atomic E-state index is 12.1. The van der Waals surface area contributed by atoms with Gasteiger partial charge in [-0.3, -0.25) is 9.59 Å². The standard InChI is InChI=1S/C26H24BrCl2N3O4/c1-16-3-5-17(6-4-16)15-36-25-20(27)11-18(12-23(25)35-2)14-31-32-24(33)9-10-30-26(34)19-7-8-21(28)22(29)13-19/h3-8,11-14H,9-10,15H2,1-2H3,(H,30,34)(H,32,33). The minimum Gasteiger partial charge on any atom is -0.493 e. The van der Waals surface area contributed by atoms with Crippen LogP contribution in [0.3, 0.4) is 0 Å². The van der Waals surface area contributed by atoms with Crippen LogP contribution in [0.25, 0.3) is 0 Å². The first-order valence-corrected chi connectivity index (χ1v) is 12.4. The summed E-state index contributed by atoms with van der Waals surface area (Å²) in [6.45, 7) is 2.55. The molecule has 0 fully saturated rings. The zero-order valence-electron chi connectivity index (χ0n) is 19.6. The molecule has 0 aliphatic heterocycles. The van der Waals surface area contributed by atoms with E-state index in [9.17, 15) is 9.59 Å².